The first-order chi connectivity index (χ1) is 11.1. The second-order valence-corrected chi connectivity index (χ2v) is 4.98. The highest BCUT2D eigenvalue weighted by Gasteiger charge is 2.13. The average molecular weight is 307 g/mol. The Morgan fingerprint density at radius 2 is 1.83 bits per heavy atom. The first kappa shape index (κ1) is 16.3. The van der Waals surface area contributed by atoms with Crippen LogP contribution >= 0.6 is 0 Å². The van der Waals surface area contributed by atoms with Gasteiger partial charge < -0.3 is 9.47 Å². The van der Waals surface area contributed by atoms with E-state index in [1.54, 1.807) is 49.6 Å². The standard InChI is InChI=1S/C19H17NO3/c1-13-5-4-6-15(9-13)19(21)16(12-20)10-14-7-8-17(22-2)18(11-14)23-3/h4-11H,1-3H3/b16-10+. The summed E-state index contributed by atoms with van der Waals surface area (Å²) in [6.07, 6.45) is 1.55. The van der Waals surface area contributed by atoms with Crippen molar-refractivity contribution < 1.29 is 14.3 Å². The van der Waals surface area contributed by atoms with E-state index in [0.717, 1.165) is 5.56 Å². The number of ether oxygens (including phenoxy) is 2. The van der Waals surface area contributed by atoms with Crippen LogP contribution in [0.1, 0.15) is 21.5 Å². The Bertz CT molecular complexity index is 801. The van der Waals surface area contributed by atoms with E-state index in [9.17, 15) is 10.1 Å². The summed E-state index contributed by atoms with van der Waals surface area (Å²) in [5, 5.41) is 9.32. The lowest BCUT2D eigenvalue weighted by molar-refractivity contribution is 0.104. The molecule has 0 aliphatic rings. The molecule has 0 spiro atoms. The number of hydrogen-bond donors (Lipinski definition) is 0. The van der Waals surface area contributed by atoms with Crippen LogP contribution in [0.5, 0.6) is 11.5 Å². The van der Waals surface area contributed by atoms with Gasteiger partial charge in [0.1, 0.15) is 11.6 Å². The fraction of sp³-hybridized carbons (Fsp3) is 0.158. The van der Waals surface area contributed by atoms with Gasteiger partial charge in [-0.2, -0.15) is 5.26 Å². The van der Waals surface area contributed by atoms with Crippen molar-refractivity contribution in [2.45, 2.75) is 6.92 Å². The van der Waals surface area contributed by atoms with Crippen LogP contribution in [0.15, 0.2) is 48.0 Å². The van der Waals surface area contributed by atoms with Crippen molar-refractivity contribution in [1.29, 1.82) is 5.26 Å². The molecule has 0 unspecified atom stereocenters. The highest BCUT2D eigenvalue weighted by Crippen LogP contribution is 2.28. The molecule has 0 radical (unpaired) electrons. The number of carbonyl (C=O) groups excluding carboxylic acids is 1. The predicted octanol–water partition coefficient (Wildman–Crippen LogP) is 3.80. The lowest BCUT2D eigenvalue weighted by atomic mass is 10.0. The van der Waals surface area contributed by atoms with E-state index < -0.39 is 0 Å². The van der Waals surface area contributed by atoms with E-state index in [-0.39, 0.29) is 11.4 Å². The number of hydrogen-bond acceptors (Lipinski definition) is 4. The number of benzene rings is 2. The lowest BCUT2D eigenvalue weighted by Crippen LogP contribution is -2.02. The van der Waals surface area contributed by atoms with E-state index in [0.29, 0.717) is 22.6 Å². The molecule has 0 aromatic heterocycles. The molecule has 0 amide bonds. The van der Waals surface area contributed by atoms with Gasteiger partial charge >= 0.3 is 0 Å². The van der Waals surface area contributed by atoms with Crippen molar-refractivity contribution in [2.24, 2.45) is 0 Å². The van der Waals surface area contributed by atoms with Crippen molar-refractivity contribution in [3.63, 3.8) is 0 Å². The highest BCUT2D eigenvalue weighted by atomic mass is 16.5. The third kappa shape index (κ3) is 3.78. The van der Waals surface area contributed by atoms with Crippen LogP contribution in [0.25, 0.3) is 6.08 Å². The Morgan fingerprint density at radius 3 is 2.43 bits per heavy atom. The molecule has 0 saturated carbocycles. The summed E-state index contributed by atoms with van der Waals surface area (Å²) in [5.74, 6) is 0.834. The van der Waals surface area contributed by atoms with Gasteiger partial charge in [0, 0.05) is 5.56 Å². The minimum Gasteiger partial charge on any atom is -0.493 e. The summed E-state index contributed by atoms with van der Waals surface area (Å²) in [6.45, 7) is 1.90. The Labute approximate surface area is 135 Å². The molecule has 0 aliphatic carbocycles. The van der Waals surface area contributed by atoms with Crippen LogP contribution in [-0.4, -0.2) is 20.0 Å². The molecule has 2 rings (SSSR count). The van der Waals surface area contributed by atoms with Crippen LogP contribution in [0.4, 0.5) is 0 Å². The minimum atomic E-state index is -0.300. The topological polar surface area (TPSA) is 59.3 Å². The van der Waals surface area contributed by atoms with Gasteiger partial charge in [0.15, 0.2) is 11.5 Å². The second kappa shape index (κ2) is 7.28. The van der Waals surface area contributed by atoms with Gasteiger partial charge in [0.05, 0.1) is 14.2 Å². The fourth-order valence-corrected chi connectivity index (χ4v) is 2.20. The van der Waals surface area contributed by atoms with Gasteiger partial charge in [-0.05, 0) is 36.8 Å². The van der Waals surface area contributed by atoms with Crippen molar-refractivity contribution in [1.82, 2.24) is 0 Å². The third-order valence-electron chi connectivity index (χ3n) is 3.36. The van der Waals surface area contributed by atoms with Gasteiger partial charge in [0.25, 0.3) is 0 Å². The second-order valence-electron chi connectivity index (χ2n) is 4.98. The molecule has 0 aliphatic heterocycles. The summed E-state index contributed by atoms with van der Waals surface area (Å²) in [7, 11) is 3.09. The van der Waals surface area contributed by atoms with Crippen LogP contribution in [0.3, 0.4) is 0 Å². The molecular formula is C19H17NO3. The van der Waals surface area contributed by atoms with E-state index in [2.05, 4.69) is 0 Å². The maximum atomic E-state index is 12.5. The number of nitrogens with zero attached hydrogens (tertiary/aromatic N) is 1. The largest absolute Gasteiger partial charge is 0.493 e. The zero-order chi connectivity index (χ0) is 16.8. The molecule has 0 saturated heterocycles. The Kier molecular flexibility index (Phi) is 5.16. The number of nitriles is 1. The minimum absolute atomic E-state index is 0.0721. The molecule has 2 aromatic rings. The van der Waals surface area contributed by atoms with Crippen molar-refractivity contribution in [3.8, 4) is 17.6 Å². The first-order valence-electron chi connectivity index (χ1n) is 7.04. The molecule has 2 aromatic carbocycles. The summed E-state index contributed by atoms with van der Waals surface area (Å²) >= 11 is 0. The number of allylic oxidation sites excluding steroid dienone is 1. The molecule has 0 N–H and O–H groups in total. The van der Waals surface area contributed by atoms with Gasteiger partial charge in [-0.15, -0.1) is 0 Å². The molecule has 0 fully saturated rings. The van der Waals surface area contributed by atoms with Crippen molar-refractivity contribution >= 4 is 11.9 Å². The van der Waals surface area contributed by atoms with Gasteiger partial charge in [0.2, 0.25) is 5.78 Å². The Balaban J connectivity index is 2.39. The number of aryl methyl sites for hydroxylation is 1. The predicted molar refractivity (Wildman–Crippen MR) is 88.6 cm³/mol. The first-order valence-corrected chi connectivity index (χ1v) is 7.04. The van der Waals surface area contributed by atoms with Gasteiger partial charge in [-0.25, -0.2) is 0 Å². The van der Waals surface area contributed by atoms with E-state index in [4.69, 9.17) is 9.47 Å². The van der Waals surface area contributed by atoms with Gasteiger partial charge in [-0.3, -0.25) is 4.79 Å². The molecule has 116 valence electrons. The normalized spacial score (nSPS) is 10.8. The molecule has 0 atom stereocenters. The van der Waals surface area contributed by atoms with Crippen LogP contribution in [0, 0.1) is 18.3 Å². The zero-order valence-electron chi connectivity index (χ0n) is 13.3. The molecule has 23 heavy (non-hydrogen) atoms. The number of ketones is 1. The molecule has 4 nitrogen and oxygen atoms in total. The van der Waals surface area contributed by atoms with Crippen molar-refractivity contribution in [3.05, 3.63) is 64.7 Å². The Hall–Kier alpha value is -3.06. The fourth-order valence-electron chi connectivity index (χ4n) is 2.20. The number of methoxy groups -OCH3 is 2. The smallest absolute Gasteiger partial charge is 0.203 e. The number of Topliss-reactive ketones (excluding diaryl/α,β-unsaturated/α-hetero) is 1. The molecule has 4 heteroatoms. The number of rotatable bonds is 5. The van der Waals surface area contributed by atoms with Gasteiger partial charge in [-0.1, -0.05) is 29.8 Å². The quantitative estimate of drug-likeness (QED) is 0.479. The zero-order valence-corrected chi connectivity index (χ0v) is 13.3. The maximum Gasteiger partial charge on any atom is 0.203 e. The van der Waals surface area contributed by atoms with Crippen molar-refractivity contribution in [2.75, 3.05) is 14.2 Å². The van der Waals surface area contributed by atoms with E-state index in [1.165, 1.54) is 7.11 Å². The monoisotopic (exact) mass is 307 g/mol. The summed E-state index contributed by atoms with van der Waals surface area (Å²) < 4.78 is 10.4. The Morgan fingerprint density at radius 1 is 1.09 bits per heavy atom. The van der Waals surface area contributed by atoms with E-state index in [1.807, 2.05) is 19.1 Å². The van der Waals surface area contributed by atoms with Crippen LogP contribution in [0.2, 0.25) is 0 Å². The molecule has 0 bridgehead atoms. The summed E-state index contributed by atoms with van der Waals surface area (Å²) in [5.41, 5.74) is 2.24. The lowest BCUT2D eigenvalue weighted by Gasteiger charge is -2.08. The summed E-state index contributed by atoms with van der Waals surface area (Å²) in [6, 6.07) is 14.4. The summed E-state index contributed by atoms with van der Waals surface area (Å²) in [4.78, 5) is 12.5. The SMILES string of the molecule is COc1ccc(/C=C(\C#N)C(=O)c2cccc(C)c2)cc1OC. The van der Waals surface area contributed by atoms with E-state index >= 15 is 0 Å². The molecular weight excluding hydrogens is 290 g/mol. The highest BCUT2D eigenvalue weighted by molar-refractivity contribution is 6.14. The number of carbonyl (C=O) groups is 1. The maximum absolute atomic E-state index is 12.5. The molecule has 0 heterocycles. The van der Waals surface area contributed by atoms with Crippen LogP contribution < -0.4 is 9.47 Å². The third-order valence-corrected chi connectivity index (χ3v) is 3.36. The van der Waals surface area contributed by atoms with Crippen LogP contribution in [-0.2, 0) is 0 Å². The average Bonchev–Trinajstić information content (AvgIpc) is 2.58.